The molecule has 6 nitrogen and oxygen atoms in total. The minimum Gasteiger partial charge on any atom is -0.351 e. The quantitative estimate of drug-likeness (QED) is 0.730. The Hall–Kier alpha value is -4.19. The molecule has 0 unspecified atom stereocenters. The highest BCUT2D eigenvalue weighted by Crippen LogP contribution is 2.20. The molecule has 29 heavy (non-hydrogen) atoms. The Morgan fingerprint density at radius 1 is 0.483 bits per heavy atom. The van der Waals surface area contributed by atoms with Crippen molar-refractivity contribution in [1.82, 2.24) is 9.97 Å². The summed E-state index contributed by atoms with van der Waals surface area (Å²) in [6.07, 6.45) is 28.9. The molecule has 6 heteroatoms. The van der Waals surface area contributed by atoms with Crippen molar-refractivity contribution in [3.63, 3.8) is 0 Å². The zero-order valence-electron chi connectivity index (χ0n) is 15.4. The predicted octanol–water partition coefficient (Wildman–Crippen LogP) is 3.99. The van der Waals surface area contributed by atoms with Gasteiger partial charge in [-0.2, -0.15) is 0 Å². The van der Waals surface area contributed by atoms with Crippen LogP contribution in [0.5, 0.6) is 0 Å². The van der Waals surface area contributed by atoms with E-state index >= 15 is 0 Å². The van der Waals surface area contributed by atoms with Crippen LogP contribution in [0.1, 0.15) is 0 Å². The second-order valence-corrected chi connectivity index (χ2v) is 6.52. The largest absolute Gasteiger partial charge is 0.351 e. The van der Waals surface area contributed by atoms with Crippen molar-refractivity contribution in [2.24, 2.45) is 20.0 Å². The molecule has 1 aromatic heterocycles. The van der Waals surface area contributed by atoms with E-state index in [4.69, 9.17) is 0 Å². The molecule has 0 fully saturated rings. The van der Waals surface area contributed by atoms with Gasteiger partial charge in [0.1, 0.15) is 0 Å². The van der Waals surface area contributed by atoms with E-state index in [9.17, 15) is 0 Å². The van der Waals surface area contributed by atoms with Crippen LogP contribution in [0.3, 0.4) is 0 Å². The van der Waals surface area contributed by atoms with Gasteiger partial charge in [0.15, 0.2) is 0 Å². The van der Waals surface area contributed by atoms with Crippen LogP contribution in [-0.4, -0.2) is 32.8 Å². The smallest absolute Gasteiger partial charge is 0.0919 e. The number of aromatic nitrogens is 2. The monoisotopic (exact) mass is 376 g/mol. The first-order valence-corrected chi connectivity index (χ1v) is 9.17. The zero-order valence-corrected chi connectivity index (χ0v) is 15.4. The second-order valence-electron chi connectivity index (χ2n) is 6.52. The summed E-state index contributed by atoms with van der Waals surface area (Å²) >= 11 is 0. The molecule has 0 spiro atoms. The number of hydrogen-bond donors (Lipinski definition) is 1. The van der Waals surface area contributed by atoms with Crippen molar-refractivity contribution >= 4 is 22.8 Å². The number of hydrogen-bond acceptors (Lipinski definition) is 5. The SMILES string of the molecule is C1=CC2=NC1=CC1=NC(=CC3=NC(=CC4=NC(=C2)C=C4)C=C3)C=C1.c1c[nH]cn1. The van der Waals surface area contributed by atoms with Crippen LogP contribution in [-0.2, 0) is 0 Å². The molecule has 0 saturated carbocycles. The number of rotatable bonds is 0. The summed E-state index contributed by atoms with van der Waals surface area (Å²) in [6.45, 7) is 0. The second kappa shape index (κ2) is 7.44. The van der Waals surface area contributed by atoms with E-state index in [0.717, 1.165) is 45.6 Å². The Balaban J connectivity index is 0.000000319. The fraction of sp³-hybridized carbons (Fsp3) is 0. The Kier molecular flexibility index (Phi) is 4.35. The number of aliphatic imine (C=N–C) groups is 4. The topological polar surface area (TPSA) is 78.1 Å². The Bertz CT molecular complexity index is 1010. The molecular formula is C23H16N6. The highest BCUT2D eigenvalue weighted by atomic mass is 14.8. The number of aromatic amines is 1. The predicted molar refractivity (Wildman–Crippen MR) is 117 cm³/mol. The van der Waals surface area contributed by atoms with Gasteiger partial charge in [0.2, 0.25) is 0 Å². The number of H-pyrrole nitrogens is 1. The van der Waals surface area contributed by atoms with E-state index < -0.39 is 0 Å². The van der Waals surface area contributed by atoms with Gasteiger partial charge >= 0.3 is 0 Å². The summed E-state index contributed by atoms with van der Waals surface area (Å²) < 4.78 is 0. The Morgan fingerprint density at radius 3 is 1.10 bits per heavy atom. The van der Waals surface area contributed by atoms with Crippen molar-refractivity contribution in [1.29, 1.82) is 0 Å². The van der Waals surface area contributed by atoms with E-state index in [1.165, 1.54) is 0 Å². The third-order valence-corrected chi connectivity index (χ3v) is 4.32. The number of fused-ring (bicyclic) bond motifs is 4. The maximum Gasteiger partial charge on any atom is 0.0919 e. The minimum absolute atomic E-state index is 0.894. The molecule has 1 N–H and O–H groups in total. The molecule has 0 atom stereocenters. The number of allylic oxidation sites excluding steroid dienone is 12. The van der Waals surface area contributed by atoms with Crippen LogP contribution in [0.15, 0.2) is 134 Å². The number of nitrogens with one attached hydrogen (secondary N) is 1. The van der Waals surface area contributed by atoms with Crippen molar-refractivity contribution in [2.75, 3.05) is 0 Å². The first kappa shape index (κ1) is 16.9. The van der Waals surface area contributed by atoms with Gasteiger partial charge in [0.05, 0.1) is 52.0 Å². The van der Waals surface area contributed by atoms with Crippen molar-refractivity contribution in [3.8, 4) is 0 Å². The van der Waals surface area contributed by atoms with Crippen molar-refractivity contribution < 1.29 is 0 Å². The normalized spacial score (nSPS) is 20.1. The van der Waals surface area contributed by atoms with Gasteiger partial charge in [-0.05, 0) is 72.9 Å². The van der Waals surface area contributed by atoms with Crippen molar-refractivity contribution in [2.45, 2.75) is 0 Å². The maximum atomic E-state index is 4.59. The van der Waals surface area contributed by atoms with Crippen LogP contribution in [0.25, 0.3) is 0 Å². The van der Waals surface area contributed by atoms with Crippen LogP contribution in [0, 0.1) is 0 Å². The lowest BCUT2D eigenvalue weighted by Crippen LogP contribution is -1.89. The number of imidazole rings is 1. The molecular weight excluding hydrogens is 360 g/mol. The van der Waals surface area contributed by atoms with E-state index in [1.54, 1.807) is 18.7 Å². The maximum absolute atomic E-state index is 4.59. The summed E-state index contributed by atoms with van der Waals surface area (Å²) in [7, 11) is 0. The summed E-state index contributed by atoms with van der Waals surface area (Å²) in [4.78, 5) is 24.8. The van der Waals surface area contributed by atoms with Crippen molar-refractivity contribution in [3.05, 3.63) is 114 Å². The molecule has 0 aromatic carbocycles. The Morgan fingerprint density at radius 2 is 0.862 bits per heavy atom. The first-order chi connectivity index (χ1) is 14.3. The fourth-order valence-electron chi connectivity index (χ4n) is 3.04. The van der Waals surface area contributed by atoms with Gasteiger partial charge in [-0.25, -0.2) is 25.0 Å². The summed E-state index contributed by atoms with van der Waals surface area (Å²) in [5.74, 6) is 0. The summed E-state index contributed by atoms with van der Waals surface area (Å²) in [5, 5.41) is 0. The molecule has 0 amide bonds. The molecule has 0 aliphatic carbocycles. The first-order valence-electron chi connectivity index (χ1n) is 9.17. The molecule has 8 bridgehead atoms. The average Bonchev–Trinajstić information content (AvgIpc) is 3.50. The van der Waals surface area contributed by atoms with Crippen LogP contribution in [0.4, 0.5) is 0 Å². The molecule has 6 heterocycles. The molecule has 1 aromatic rings. The molecule has 5 aliphatic heterocycles. The standard InChI is InChI=1S/C20H12N4.C3H4N2/c1-2-14-10-16-5-6-18(23-16)12-20-8-7-19(24-20)11-17-4-3-15(22-17)9-13(1)21-14;1-2-5-3-4-1/h1-12H;1-3H,(H,4,5). The summed E-state index contributed by atoms with van der Waals surface area (Å²) in [6, 6.07) is 0. The molecule has 5 aliphatic rings. The zero-order chi connectivity index (χ0) is 19.5. The highest BCUT2D eigenvalue weighted by Gasteiger charge is 2.11. The minimum atomic E-state index is 0.894. The van der Waals surface area contributed by atoms with Gasteiger partial charge in [-0.15, -0.1) is 0 Å². The van der Waals surface area contributed by atoms with Crippen LogP contribution in [0.2, 0.25) is 0 Å². The van der Waals surface area contributed by atoms with Gasteiger partial charge < -0.3 is 4.98 Å². The van der Waals surface area contributed by atoms with Crippen LogP contribution < -0.4 is 0 Å². The lowest BCUT2D eigenvalue weighted by Gasteiger charge is -1.94. The lowest BCUT2D eigenvalue weighted by atomic mass is 10.2. The van der Waals surface area contributed by atoms with Crippen LogP contribution >= 0.6 is 0 Å². The summed E-state index contributed by atoms with van der Waals surface area (Å²) in [5.41, 5.74) is 7.15. The lowest BCUT2D eigenvalue weighted by molar-refractivity contribution is 1.31. The fourth-order valence-corrected chi connectivity index (χ4v) is 3.04. The van der Waals surface area contributed by atoms with Gasteiger partial charge in [-0.1, -0.05) is 0 Å². The Labute approximate surface area is 167 Å². The van der Waals surface area contributed by atoms with E-state index in [-0.39, 0.29) is 0 Å². The molecule has 6 rings (SSSR count). The third kappa shape index (κ3) is 4.06. The molecule has 138 valence electrons. The van der Waals surface area contributed by atoms with E-state index in [1.807, 2.05) is 72.9 Å². The van der Waals surface area contributed by atoms with E-state index in [2.05, 4.69) is 29.9 Å². The molecule has 0 radical (unpaired) electrons. The van der Waals surface area contributed by atoms with Gasteiger partial charge in [-0.3, -0.25) is 0 Å². The van der Waals surface area contributed by atoms with E-state index in [0.29, 0.717) is 0 Å². The number of nitrogens with zero attached hydrogens (tertiary/aromatic N) is 5. The average molecular weight is 376 g/mol. The van der Waals surface area contributed by atoms with Gasteiger partial charge in [0.25, 0.3) is 0 Å². The molecule has 0 saturated heterocycles. The van der Waals surface area contributed by atoms with Gasteiger partial charge in [0, 0.05) is 12.4 Å². The third-order valence-electron chi connectivity index (χ3n) is 4.32. The highest BCUT2D eigenvalue weighted by molar-refractivity contribution is 6.14.